The molecule has 2 aromatic rings. The molecule has 0 aromatic heterocycles. The van der Waals surface area contributed by atoms with E-state index in [1.807, 2.05) is 0 Å². The largest absolute Gasteiger partial charge is 0.332 e. The van der Waals surface area contributed by atoms with Gasteiger partial charge in [0.25, 0.3) is 11.4 Å². The van der Waals surface area contributed by atoms with Gasteiger partial charge in [-0.25, -0.2) is 0 Å². The Kier molecular flexibility index (Phi) is 5.04. The second kappa shape index (κ2) is 6.99. The Balaban J connectivity index is 2.06. The van der Waals surface area contributed by atoms with Crippen LogP contribution in [0.1, 0.15) is 0 Å². The molecule has 10 heteroatoms. The summed E-state index contributed by atoms with van der Waals surface area (Å²) >= 11 is 10.8. The van der Waals surface area contributed by atoms with E-state index in [0.29, 0.717) is 11.4 Å². The van der Waals surface area contributed by atoms with Crippen molar-refractivity contribution in [2.45, 2.75) is 0 Å². The summed E-state index contributed by atoms with van der Waals surface area (Å²) in [4.78, 5) is 20.3. The topological polar surface area (TPSA) is 110 Å². The van der Waals surface area contributed by atoms with Crippen LogP contribution in [0, 0.1) is 20.2 Å². The third-order valence-electron chi connectivity index (χ3n) is 2.74. The van der Waals surface area contributed by atoms with Crippen LogP contribution in [0.15, 0.2) is 42.5 Å². The first-order chi connectivity index (χ1) is 10.9. The van der Waals surface area contributed by atoms with Crippen molar-refractivity contribution in [3.63, 3.8) is 0 Å². The number of hydrogen-bond acceptors (Lipinski definition) is 5. The Hall–Kier alpha value is -2.78. The number of thiocarbonyl (C=S) groups is 1. The molecule has 0 radical (unpaired) electrons. The van der Waals surface area contributed by atoms with Crippen molar-refractivity contribution in [2.24, 2.45) is 0 Å². The lowest BCUT2D eigenvalue weighted by molar-refractivity contribution is -0.384. The Morgan fingerprint density at radius 3 is 2.09 bits per heavy atom. The fraction of sp³-hybridized carbons (Fsp3) is 0. The molecule has 0 aliphatic rings. The molecule has 23 heavy (non-hydrogen) atoms. The molecule has 0 unspecified atom stereocenters. The summed E-state index contributed by atoms with van der Waals surface area (Å²) in [6.07, 6.45) is 0. The average molecular weight is 353 g/mol. The Labute approximate surface area is 140 Å². The lowest BCUT2D eigenvalue weighted by atomic mass is 10.3. The number of hydrogen-bond donors (Lipinski definition) is 2. The third-order valence-corrected chi connectivity index (χ3v) is 3.26. The number of non-ortho nitro benzene ring substituents is 1. The number of halogens is 1. The summed E-state index contributed by atoms with van der Waals surface area (Å²) in [5.41, 5.74) is 0.648. The van der Waals surface area contributed by atoms with Crippen molar-refractivity contribution in [1.82, 2.24) is 0 Å². The van der Waals surface area contributed by atoms with E-state index in [1.54, 1.807) is 6.07 Å². The third kappa shape index (κ3) is 4.34. The summed E-state index contributed by atoms with van der Waals surface area (Å²) in [5.74, 6) is 0. The fourth-order valence-electron chi connectivity index (χ4n) is 1.69. The summed E-state index contributed by atoms with van der Waals surface area (Å²) < 4.78 is 0. The van der Waals surface area contributed by atoms with Crippen LogP contribution in [0.5, 0.6) is 0 Å². The van der Waals surface area contributed by atoms with Gasteiger partial charge in [0.15, 0.2) is 5.11 Å². The molecule has 0 fully saturated rings. The molecule has 118 valence electrons. The lowest BCUT2D eigenvalue weighted by Gasteiger charge is -2.10. The highest BCUT2D eigenvalue weighted by molar-refractivity contribution is 7.80. The van der Waals surface area contributed by atoms with Gasteiger partial charge in [-0.05, 0) is 36.5 Å². The van der Waals surface area contributed by atoms with Crippen molar-refractivity contribution < 1.29 is 9.85 Å². The second-order valence-corrected chi connectivity index (χ2v) is 5.12. The van der Waals surface area contributed by atoms with E-state index in [1.165, 1.54) is 36.4 Å². The maximum absolute atomic E-state index is 10.8. The average Bonchev–Trinajstić information content (AvgIpc) is 2.49. The molecule has 0 atom stereocenters. The standard InChI is InChI=1S/C13H9ClN4O4S/c14-11-6-3-9(7-12(11)18(21)22)16-13(23)15-8-1-4-10(5-2-8)17(19)20/h1-7H,(H2,15,16,23). The van der Waals surface area contributed by atoms with Crippen molar-refractivity contribution in [3.05, 3.63) is 67.7 Å². The van der Waals surface area contributed by atoms with Crippen LogP contribution in [0.3, 0.4) is 0 Å². The molecule has 2 aromatic carbocycles. The van der Waals surface area contributed by atoms with E-state index >= 15 is 0 Å². The van der Waals surface area contributed by atoms with Gasteiger partial charge in [0.05, 0.1) is 9.85 Å². The molecule has 2 N–H and O–H groups in total. The molecule has 0 saturated heterocycles. The van der Waals surface area contributed by atoms with Gasteiger partial charge in [-0.15, -0.1) is 0 Å². The lowest BCUT2D eigenvalue weighted by Crippen LogP contribution is -2.19. The van der Waals surface area contributed by atoms with Gasteiger partial charge in [-0.1, -0.05) is 11.6 Å². The Bertz CT molecular complexity index is 782. The first-order valence-corrected chi connectivity index (χ1v) is 6.92. The maximum atomic E-state index is 10.8. The highest BCUT2D eigenvalue weighted by atomic mass is 35.5. The minimum atomic E-state index is -0.597. The van der Waals surface area contributed by atoms with Gasteiger partial charge in [0.1, 0.15) is 5.02 Å². The van der Waals surface area contributed by atoms with Crippen molar-refractivity contribution >= 4 is 51.7 Å². The molecular formula is C13H9ClN4O4S. The van der Waals surface area contributed by atoms with Crippen LogP contribution < -0.4 is 10.6 Å². The molecule has 0 aliphatic carbocycles. The smallest absolute Gasteiger partial charge is 0.289 e. The van der Waals surface area contributed by atoms with Crippen molar-refractivity contribution in [1.29, 1.82) is 0 Å². The van der Waals surface area contributed by atoms with Gasteiger partial charge >= 0.3 is 0 Å². The van der Waals surface area contributed by atoms with Crippen LogP contribution in [0.25, 0.3) is 0 Å². The van der Waals surface area contributed by atoms with Gasteiger partial charge in [0, 0.05) is 29.6 Å². The first kappa shape index (κ1) is 16.6. The van der Waals surface area contributed by atoms with Crippen LogP contribution in [-0.2, 0) is 0 Å². The normalized spacial score (nSPS) is 9.96. The van der Waals surface area contributed by atoms with E-state index in [4.69, 9.17) is 23.8 Å². The van der Waals surface area contributed by atoms with E-state index < -0.39 is 9.85 Å². The first-order valence-electron chi connectivity index (χ1n) is 6.13. The highest BCUT2D eigenvalue weighted by Crippen LogP contribution is 2.27. The molecular weight excluding hydrogens is 344 g/mol. The zero-order valence-electron chi connectivity index (χ0n) is 11.4. The van der Waals surface area contributed by atoms with Crippen LogP contribution in [0.4, 0.5) is 22.7 Å². The summed E-state index contributed by atoms with van der Waals surface area (Å²) in [7, 11) is 0. The Morgan fingerprint density at radius 2 is 1.52 bits per heavy atom. The van der Waals surface area contributed by atoms with Crippen LogP contribution >= 0.6 is 23.8 Å². The van der Waals surface area contributed by atoms with E-state index in [-0.39, 0.29) is 21.5 Å². The fourth-order valence-corrected chi connectivity index (χ4v) is 2.11. The summed E-state index contributed by atoms with van der Waals surface area (Å²) in [6, 6.07) is 9.84. The van der Waals surface area contributed by atoms with Gasteiger partial charge in [-0.2, -0.15) is 0 Å². The van der Waals surface area contributed by atoms with Crippen molar-refractivity contribution in [2.75, 3.05) is 10.6 Å². The van der Waals surface area contributed by atoms with Crippen LogP contribution in [0.2, 0.25) is 5.02 Å². The number of benzene rings is 2. The molecule has 0 saturated carbocycles. The second-order valence-electron chi connectivity index (χ2n) is 4.31. The van der Waals surface area contributed by atoms with E-state index in [0.717, 1.165) is 0 Å². The minimum Gasteiger partial charge on any atom is -0.332 e. The van der Waals surface area contributed by atoms with Gasteiger partial charge < -0.3 is 10.6 Å². The predicted octanol–water partition coefficient (Wildman–Crippen LogP) is 3.97. The number of nitrogens with one attached hydrogen (secondary N) is 2. The monoisotopic (exact) mass is 352 g/mol. The molecule has 2 rings (SSSR count). The number of nitro benzene ring substituents is 2. The number of nitrogens with zero attached hydrogens (tertiary/aromatic N) is 2. The number of anilines is 2. The quantitative estimate of drug-likeness (QED) is 0.486. The highest BCUT2D eigenvalue weighted by Gasteiger charge is 2.13. The SMILES string of the molecule is O=[N+]([O-])c1ccc(NC(=S)Nc2ccc(Cl)c([N+](=O)[O-])c2)cc1. The van der Waals surface area contributed by atoms with Crippen molar-refractivity contribution in [3.8, 4) is 0 Å². The molecule has 8 nitrogen and oxygen atoms in total. The summed E-state index contributed by atoms with van der Waals surface area (Å²) in [6.45, 7) is 0. The number of nitro groups is 2. The molecule has 0 spiro atoms. The zero-order chi connectivity index (χ0) is 17.0. The molecule has 0 aliphatic heterocycles. The van der Waals surface area contributed by atoms with Gasteiger partial charge in [0.2, 0.25) is 0 Å². The van der Waals surface area contributed by atoms with E-state index in [2.05, 4.69) is 10.6 Å². The van der Waals surface area contributed by atoms with E-state index in [9.17, 15) is 20.2 Å². The Morgan fingerprint density at radius 1 is 0.957 bits per heavy atom. The zero-order valence-corrected chi connectivity index (χ0v) is 12.9. The molecule has 0 amide bonds. The summed E-state index contributed by atoms with van der Waals surface area (Å²) in [5, 5.41) is 27.2. The number of rotatable bonds is 4. The van der Waals surface area contributed by atoms with Crippen LogP contribution in [-0.4, -0.2) is 15.0 Å². The predicted molar refractivity (Wildman–Crippen MR) is 91.0 cm³/mol. The van der Waals surface area contributed by atoms with Gasteiger partial charge in [-0.3, -0.25) is 20.2 Å². The molecule has 0 bridgehead atoms. The molecule has 0 heterocycles. The maximum Gasteiger partial charge on any atom is 0.289 e. The minimum absolute atomic E-state index is 0.0230.